The Morgan fingerprint density at radius 1 is 0.750 bits per heavy atom. The number of nitrogens with zero attached hydrogens (tertiary/aromatic N) is 2. The zero-order valence-corrected chi connectivity index (χ0v) is 24.3. The molecule has 2 aliphatic heterocycles. The number of carbonyl (C=O) groups excluding carboxylic acids is 1. The minimum absolute atomic E-state index is 0.132. The zero-order valence-electron chi connectivity index (χ0n) is 13.2. The Bertz CT molecular complexity index is 1320. The average Bonchev–Trinajstić information content (AvgIpc) is 2.97. The molecule has 0 aromatic heterocycles. The molecular formula is C18H3Br7N2O. The van der Waals surface area contributed by atoms with Gasteiger partial charge in [-0.2, -0.15) is 0 Å². The van der Waals surface area contributed by atoms with E-state index in [2.05, 4.69) is 112 Å². The number of halogens is 7. The third kappa shape index (κ3) is 2.58. The first-order valence-corrected chi connectivity index (χ1v) is 13.2. The molecule has 2 heterocycles. The van der Waals surface area contributed by atoms with E-state index in [0.29, 0.717) is 15.9 Å². The Labute approximate surface area is 218 Å². The smallest absolute Gasteiger partial charge is 0.266 e. The molecule has 0 atom stereocenters. The first-order valence-electron chi connectivity index (χ1n) is 7.63. The molecule has 2 aliphatic rings. The molecular weight excluding hydrogens is 820 g/mol. The highest BCUT2D eigenvalue weighted by molar-refractivity contribution is 9.15. The molecule has 0 saturated heterocycles. The molecule has 3 aromatic rings. The monoisotopic (exact) mass is 815 g/mol. The van der Waals surface area contributed by atoms with E-state index in [1.165, 1.54) is 0 Å². The number of fused-ring (bicyclic) bond motifs is 4. The Morgan fingerprint density at radius 3 is 2.07 bits per heavy atom. The van der Waals surface area contributed by atoms with Crippen LogP contribution in [-0.4, -0.2) is 11.7 Å². The van der Waals surface area contributed by atoms with E-state index in [-0.39, 0.29) is 5.91 Å². The van der Waals surface area contributed by atoms with E-state index in [1.807, 2.05) is 18.2 Å². The van der Waals surface area contributed by atoms with Crippen molar-refractivity contribution in [2.24, 2.45) is 4.99 Å². The first-order chi connectivity index (χ1) is 13.2. The lowest BCUT2D eigenvalue weighted by Gasteiger charge is -2.26. The van der Waals surface area contributed by atoms with Crippen molar-refractivity contribution in [3.63, 3.8) is 0 Å². The molecule has 3 nitrogen and oxygen atoms in total. The predicted molar refractivity (Wildman–Crippen MR) is 137 cm³/mol. The van der Waals surface area contributed by atoms with Gasteiger partial charge in [0.2, 0.25) is 0 Å². The van der Waals surface area contributed by atoms with Gasteiger partial charge in [0.25, 0.3) is 5.91 Å². The van der Waals surface area contributed by atoms with Crippen molar-refractivity contribution < 1.29 is 4.79 Å². The fourth-order valence-corrected chi connectivity index (χ4v) is 7.29. The van der Waals surface area contributed by atoms with E-state index in [9.17, 15) is 4.79 Å². The third-order valence-corrected chi connectivity index (χ3v) is 12.0. The first kappa shape index (κ1) is 20.3. The largest absolute Gasteiger partial charge is 0.268 e. The van der Waals surface area contributed by atoms with Gasteiger partial charge in [-0.25, -0.2) is 4.99 Å². The quantitative estimate of drug-likeness (QED) is 0.165. The Morgan fingerprint density at radius 2 is 1.39 bits per heavy atom. The molecule has 3 aromatic carbocycles. The molecule has 0 radical (unpaired) electrons. The highest BCUT2D eigenvalue weighted by Gasteiger charge is 2.43. The summed E-state index contributed by atoms with van der Waals surface area (Å²) >= 11 is 25.3. The van der Waals surface area contributed by atoms with Gasteiger partial charge in [0.15, 0.2) is 0 Å². The highest BCUT2D eigenvalue weighted by Crippen LogP contribution is 2.54. The number of hydrogen-bond donors (Lipinski definition) is 0. The number of hydrogen-bond acceptors (Lipinski definition) is 2. The second kappa shape index (κ2) is 6.97. The summed E-state index contributed by atoms with van der Waals surface area (Å²) in [6.07, 6.45) is 0. The van der Waals surface area contributed by atoms with Crippen LogP contribution in [0.1, 0.15) is 15.9 Å². The van der Waals surface area contributed by atoms with Gasteiger partial charge in [0.05, 0.1) is 21.4 Å². The number of amidine groups is 1. The van der Waals surface area contributed by atoms with E-state index in [0.717, 1.165) is 54.5 Å². The Balaban J connectivity index is 1.99. The number of rotatable bonds is 0. The van der Waals surface area contributed by atoms with Gasteiger partial charge in [0, 0.05) is 37.8 Å². The van der Waals surface area contributed by atoms with Crippen LogP contribution < -0.4 is 4.90 Å². The van der Waals surface area contributed by atoms with Crippen LogP contribution in [0.4, 0.5) is 11.4 Å². The van der Waals surface area contributed by atoms with Crippen LogP contribution in [0.3, 0.4) is 0 Å². The standard InChI is InChI=1S/C18H3Br7N2O/c19-5-2-1-4-3-6(20)10(21)15-7(4)16(5)27-17(26-15)8-9(18(27)28)12(23)14(25)13(24)11(8)22/h1-3H. The summed E-state index contributed by atoms with van der Waals surface area (Å²) in [7, 11) is 0. The van der Waals surface area contributed by atoms with E-state index in [1.54, 1.807) is 4.90 Å². The van der Waals surface area contributed by atoms with Crippen molar-refractivity contribution in [2.45, 2.75) is 0 Å². The molecule has 0 fully saturated rings. The van der Waals surface area contributed by atoms with Crippen molar-refractivity contribution in [3.8, 4) is 0 Å². The van der Waals surface area contributed by atoms with Gasteiger partial charge in [-0.15, -0.1) is 0 Å². The summed E-state index contributed by atoms with van der Waals surface area (Å²) in [6, 6.07) is 5.99. The van der Waals surface area contributed by atoms with Gasteiger partial charge >= 0.3 is 0 Å². The number of benzene rings is 3. The van der Waals surface area contributed by atoms with Crippen molar-refractivity contribution in [3.05, 3.63) is 60.6 Å². The van der Waals surface area contributed by atoms with Gasteiger partial charge in [0.1, 0.15) is 5.84 Å². The number of amides is 1. The van der Waals surface area contributed by atoms with Crippen molar-refractivity contribution in [1.29, 1.82) is 0 Å². The topological polar surface area (TPSA) is 32.7 Å². The van der Waals surface area contributed by atoms with E-state index < -0.39 is 0 Å². The minimum atomic E-state index is -0.132. The highest BCUT2D eigenvalue weighted by atomic mass is 79.9. The van der Waals surface area contributed by atoms with Crippen LogP contribution in [-0.2, 0) is 0 Å². The fraction of sp³-hybridized carbons (Fsp3) is 0. The van der Waals surface area contributed by atoms with Crippen LogP contribution >= 0.6 is 112 Å². The molecule has 0 unspecified atom stereocenters. The summed E-state index contributed by atoms with van der Waals surface area (Å²) < 4.78 is 5.62. The Hall–Kier alpha value is 0.420. The fourth-order valence-electron chi connectivity index (χ4n) is 3.48. The van der Waals surface area contributed by atoms with Gasteiger partial charge in [-0.1, -0.05) is 6.07 Å². The lowest BCUT2D eigenvalue weighted by molar-refractivity contribution is 0.101. The zero-order chi connectivity index (χ0) is 20.1. The third-order valence-electron chi connectivity index (χ3n) is 4.66. The molecule has 0 aliphatic carbocycles. The number of aliphatic imine (C=N–C) groups is 1. The molecule has 0 N–H and O–H groups in total. The van der Waals surface area contributed by atoms with Crippen molar-refractivity contribution in [1.82, 2.24) is 0 Å². The second-order valence-electron chi connectivity index (χ2n) is 6.10. The van der Waals surface area contributed by atoms with Crippen molar-refractivity contribution >= 4 is 145 Å². The predicted octanol–water partition coefficient (Wildman–Crippen LogP) is 9.23. The molecule has 140 valence electrons. The lowest BCUT2D eigenvalue weighted by atomic mass is 10.0. The molecule has 0 spiro atoms. The Kier molecular flexibility index (Phi) is 5.06. The SMILES string of the molecule is O=C1c2c(Br)c(Br)c(Br)c(Br)c2C2=Nc3c(Br)c(Br)cc4ccc(Br)c(c34)N12. The summed E-state index contributed by atoms with van der Waals surface area (Å²) in [5, 5.41) is 1.91. The van der Waals surface area contributed by atoms with E-state index >= 15 is 0 Å². The number of carbonyl (C=O) groups is 1. The summed E-state index contributed by atoms with van der Waals surface area (Å²) in [5.41, 5.74) is 2.88. The summed E-state index contributed by atoms with van der Waals surface area (Å²) in [5.74, 6) is 0.452. The normalized spacial score (nSPS) is 14.5. The molecule has 1 amide bonds. The van der Waals surface area contributed by atoms with Crippen LogP contribution in [0, 0.1) is 0 Å². The average molecular weight is 823 g/mol. The van der Waals surface area contributed by atoms with Crippen LogP contribution in [0.15, 0.2) is 54.5 Å². The maximum Gasteiger partial charge on any atom is 0.266 e. The maximum absolute atomic E-state index is 13.5. The lowest BCUT2D eigenvalue weighted by Crippen LogP contribution is -2.32. The molecule has 0 bridgehead atoms. The van der Waals surface area contributed by atoms with Crippen LogP contribution in [0.2, 0.25) is 0 Å². The van der Waals surface area contributed by atoms with Crippen molar-refractivity contribution in [2.75, 3.05) is 4.90 Å². The number of anilines is 1. The van der Waals surface area contributed by atoms with E-state index in [4.69, 9.17) is 4.99 Å². The minimum Gasteiger partial charge on any atom is -0.268 e. The van der Waals surface area contributed by atoms with Crippen LogP contribution in [0.25, 0.3) is 10.8 Å². The molecule has 5 rings (SSSR count). The summed E-state index contributed by atoms with van der Waals surface area (Å²) in [6.45, 7) is 0. The molecule has 0 saturated carbocycles. The summed E-state index contributed by atoms with van der Waals surface area (Å²) in [4.78, 5) is 20.1. The second-order valence-corrected chi connectivity index (χ2v) is 11.8. The maximum atomic E-state index is 13.5. The van der Waals surface area contributed by atoms with Gasteiger partial charge in [-0.3, -0.25) is 9.69 Å². The molecule has 28 heavy (non-hydrogen) atoms. The van der Waals surface area contributed by atoms with Gasteiger partial charge in [-0.05, 0) is 129 Å². The van der Waals surface area contributed by atoms with Gasteiger partial charge < -0.3 is 0 Å². The molecule has 10 heteroatoms. The van der Waals surface area contributed by atoms with Crippen LogP contribution in [0.5, 0.6) is 0 Å².